The van der Waals surface area contributed by atoms with Gasteiger partial charge in [-0.25, -0.2) is 9.18 Å². The van der Waals surface area contributed by atoms with Gasteiger partial charge in [0.15, 0.2) is 0 Å². The third-order valence-corrected chi connectivity index (χ3v) is 7.25. The molecule has 2 unspecified atom stereocenters. The predicted octanol–water partition coefficient (Wildman–Crippen LogP) is 6.28. The summed E-state index contributed by atoms with van der Waals surface area (Å²) >= 11 is 6.11. The van der Waals surface area contributed by atoms with Gasteiger partial charge in [0, 0.05) is 16.5 Å². The minimum absolute atomic E-state index is 0.00360. The minimum atomic E-state index is -0.359. The van der Waals surface area contributed by atoms with Crippen molar-refractivity contribution in [2.75, 3.05) is 19.8 Å². The van der Waals surface area contributed by atoms with E-state index in [0.29, 0.717) is 30.2 Å². The fourth-order valence-corrected chi connectivity index (χ4v) is 5.66. The maximum absolute atomic E-state index is 14.5. The van der Waals surface area contributed by atoms with Crippen molar-refractivity contribution in [1.29, 1.82) is 0 Å². The van der Waals surface area contributed by atoms with E-state index in [9.17, 15) is 9.18 Å². The third-order valence-electron chi connectivity index (χ3n) is 7.02. The van der Waals surface area contributed by atoms with E-state index in [1.165, 1.54) is 34.4 Å². The lowest BCUT2D eigenvalue weighted by Crippen LogP contribution is -2.56. The molecule has 1 amide bonds. The van der Waals surface area contributed by atoms with E-state index in [1.54, 1.807) is 11.0 Å². The van der Waals surface area contributed by atoms with Crippen molar-refractivity contribution in [1.82, 2.24) is 4.90 Å². The molecule has 34 heavy (non-hydrogen) atoms. The Morgan fingerprint density at radius 2 is 1.71 bits per heavy atom. The molecule has 1 fully saturated rings. The molecule has 2 atom stereocenters. The summed E-state index contributed by atoms with van der Waals surface area (Å²) in [5, 5.41) is 0.484. The Kier molecular flexibility index (Phi) is 5.39. The quantitative estimate of drug-likeness (QED) is 0.447. The van der Waals surface area contributed by atoms with E-state index in [1.807, 2.05) is 30.3 Å². The van der Waals surface area contributed by atoms with Crippen LogP contribution in [0.5, 0.6) is 0 Å². The maximum atomic E-state index is 14.5. The summed E-state index contributed by atoms with van der Waals surface area (Å²) in [6.07, 6.45) is 2.03. The topological polar surface area (TPSA) is 38.8 Å². The number of carbonyl (C=O) groups excluding carboxylic acids is 1. The molecule has 6 heteroatoms. The lowest BCUT2D eigenvalue weighted by atomic mass is 9.90. The minimum Gasteiger partial charge on any atom is -0.448 e. The van der Waals surface area contributed by atoms with Crippen LogP contribution in [0.2, 0.25) is 5.02 Å². The second-order valence-corrected chi connectivity index (χ2v) is 9.43. The molecule has 3 aromatic rings. The normalized spacial score (nSPS) is 21.0. The SMILES string of the molecule is O=C(OCC1c2ccccc2-c2ccccc21)N1C2C=C(c3cc(Cl)ccc3F)CC1COC2. The largest absolute Gasteiger partial charge is 0.448 e. The molecule has 1 saturated heterocycles. The first-order valence-electron chi connectivity index (χ1n) is 11.5. The van der Waals surface area contributed by atoms with Gasteiger partial charge in [-0.2, -0.15) is 0 Å². The number of carbonyl (C=O) groups is 1. The molecular weight excluding hydrogens is 453 g/mol. The van der Waals surface area contributed by atoms with Gasteiger partial charge in [0.1, 0.15) is 12.4 Å². The van der Waals surface area contributed by atoms with Crippen LogP contribution < -0.4 is 0 Å². The van der Waals surface area contributed by atoms with Crippen LogP contribution in [0.1, 0.15) is 29.0 Å². The highest BCUT2D eigenvalue weighted by Crippen LogP contribution is 2.44. The molecule has 0 N–H and O–H groups in total. The highest BCUT2D eigenvalue weighted by Gasteiger charge is 2.40. The number of benzene rings is 3. The van der Waals surface area contributed by atoms with Gasteiger partial charge in [-0.05, 0) is 52.4 Å². The van der Waals surface area contributed by atoms with E-state index < -0.39 is 0 Å². The van der Waals surface area contributed by atoms with E-state index in [2.05, 4.69) is 24.3 Å². The first kappa shape index (κ1) is 21.4. The van der Waals surface area contributed by atoms with Gasteiger partial charge in [-0.1, -0.05) is 66.2 Å². The third kappa shape index (κ3) is 3.60. The van der Waals surface area contributed by atoms with Crippen molar-refractivity contribution < 1.29 is 18.7 Å². The van der Waals surface area contributed by atoms with E-state index >= 15 is 0 Å². The van der Waals surface area contributed by atoms with Gasteiger partial charge in [-0.15, -0.1) is 0 Å². The van der Waals surface area contributed by atoms with Crippen molar-refractivity contribution in [3.8, 4) is 11.1 Å². The second-order valence-electron chi connectivity index (χ2n) is 8.99. The van der Waals surface area contributed by atoms with Gasteiger partial charge in [0.25, 0.3) is 0 Å². The lowest BCUT2D eigenvalue weighted by Gasteiger charge is -2.44. The van der Waals surface area contributed by atoms with Gasteiger partial charge in [0.05, 0.1) is 25.3 Å². The number of hydrogen-bond donors (Lipinski definition) is 0. The van der Waals surface area contributed by atoms with Crippen LogP contribution in [0.15, 0.2) is 72.8 Å². The highest BCUT2D eigenvalue weighted by atomic mass is 35.5. The Labute approximate surface area is 202 Å². The van der Waals surface area contributed by atoms with Crippen molar-refractivity contribution in [2.24, 2.45) is 0 Å². The monoisotopic (exact) mass is 475 g/mol. The molecule has 3 aromatic carbocycles. The summed E-state index contributed by atoms with van der Waals surface area (Å²) in [5.41, 5.74) is 6.07. The molecular formula is C28H23ClFNO3. The number of rotatable bonds is 3. The molecule has 2 aliphatic heterocycles. The maximum Gasteiger partial charge on any atom is 0.410 e. The molecule has 3 aliphatic rings. The van der Waals surface area contributed by atoms with E-state index in [0.717, 1.165) is 5.57 Å². The predicted molar refractivity (Wildman–Crippen MR) is 129 cm³/mol. The highest BCUT2D eigenvalue weighted by molar-refractivity contribution is 6.30. The van der Waals surface area contributed by atoms with Gasteiger partial charge >= 0.3 is 6.09 Å². The van der Waals surface area contributed by atoms with Crippen molar-refractivity contribution in [3.63, 3.8) is 0 Å². The molecule has 0 aromatic heterocycles. The van der Waals surface area contributed by atoms with Crippen LogP contribution in [0.25, 0.3) is 16.7 Å². The van der Waals surface area contributed by atoms with Gasteiger partial charge in [-0.3, -0.25) is 4.90 Å². The van der Waals surface area contributed by atoms with Crippen molar-refractivity contribution >= 4 is 23.3 Å². The van der Waals surface area contributed by atoms with Gasteiger partial charge in [0.2, 0.25) is 0 Å². The van der Waals surface area contributed by atoms with Gasteiger partial charge < -0.3 is 9.47 Å². The summed E-state index contributed by atoms with van der Waals surface area (Å²) in [5.74, 6) is -0.312. The second kappa shape index (κ2) is 8.57. The Morgan fingerprint density at radius 3 is 2.41 bits per heavy atom. The number of ether oxygens (including phenoxy) is 2. The van der Waals surface area contributed by atoms with Crippen LogP contribution >= 0.6 is 11.6 Å². The van der Waals surface area contributed by atoms with Crippen LogP contribution in [0.3, 0.4) is 0 Å². The smallest absolute Gasteiger partial charge is 0.410 e. The number of hydrogen-bond acceptors (Lipinski definition) is 3. The first-order valence-corrected chi connectivity index (χ1v) is 11.8. The summed E-state index contributed by atoms with van der Waals surface area (Å²) in [4.78, 5) is 15.0. The number of fused-ring (bicyclic) bond motifs is 5. The number of morpholine rings is 1. The number of amides is 1. The zero-order chi connectivity index (χ0) is 23.2. The summed E-state index contributed by atoms with van der Waals surface area (Å²) in [7, 11) is 0. The van der Waals surface area contributed by atoms with Crippen LogP contribution in [0, 0.1) is 5.82 Å². The van der Waals surface area contributed by atoms with Crippen LogP contribution in [0.4, 0.5) is 9.18 Å². The Hall–Kier alpha value is -3.15. The fourth-order valence-electron chi connectivity index (χ4n) is 5.49. The fraction of sp³-hybridized carbons (Fsp3) is 0.250. The zero-order valence-corrected chi connectivity index (χ0v) is 19.2. The Balaban J connectivity index is 1.23. The van der Waals surface area contributed by atoms with Crippen LogP contribution in [-0.2, 0) is 9.47 Å². The zero-order valence-electron chi connectivity index (χ0n) is 18.4. The molecule has 172 valence electrons. The molecule has 2 heterocycles. The Bertz CT molecular complexity index is 1260. The molecule has 6 rings (SSSR count). The molecule has 0 radical (unpaired) electrons. The Morgan fingerprint density at radius 1 is 1.00 bits per heavy atom. The summed E-state index contributed by atoms with van der Waals surface area (Å²) in [6, 6.07) is 20.6. The van der Waals surface area contributed by atoms with Crippen LogP contribution in [-0.4, -0.2) is 42.9 Å². The average Bonchev–Trinajstić information content (AvgIpc) is 3.17. The van der Waals surface area contributed by atoms with E-state index in [-0.39, 0.29) is 36.5 Å². The summed E-state index contributed by atoms with van der Waals surface area (Å²) < 4.78 is 26.1. The number of halogens is 2. The molecule has 2 bridgehead atoms. The molecule has 0 saturated carbocycles. The standard InChI is InChI=1S/C28H23ClFNO3/c29-18-9-10-27(30)25(13-18)17-11-19-14-33-15-20(12-17)31(19)28(32)34-16-26-23-7-3-1-5-21(23)22-6-2-4-8-24(22)26/h1-11,13,19-20,26H,12,14-16H2. The van der Waals surface area contributed by atoms with Crippen molar-refractivity contribution in [3.05, 3.63) is 100 Å². The molecule has 4 nitrogen and oxygen atoms in total. The first-order chi connectivity index (χ1) is 16.6. The average molecular weight is 476 g/mol. The summed E-state index contributed by atoms with van der Waals surface area (Å²) in [6.45, 7) is 1.01. The van der Waals surface area contributed by atoms with E-state index in [4.69, 9.17) is 21.1 Å². The number of nitrogens with zero attached hydrogens (tertiary/aromatic N) is 1. The lowest BCUT2D eigenvalue weighted by molar-refractivity contribution is -0.0331. The molecule has 0 spiro atoms. The molecule has 1 aliphatic carbocycles. The van der Waals surface area contributed by atoms with Crippen molar-refractivity contribution in [2.45, 2.75) is 24.4 Å².